The SMILES string of the molecule is COCc1ccsc1C(=O)NCC(=O)O. The van der Waals surface area contributed by atoms with Crippen LogP contribution >= 0.6 is 11.3 Å². The predicted octanol–water partition coefficient (Wildman–Crippen LogP) is 0.709. The minimum absolute atomic E-state index is 0.347. The van der Waals surface area contributed by atoms with Crippen LogP contribution in [0.25, 0.3) is 0 Å². The minimum atomic E-state index is -1.06. The number of nitrogens with one attached hydrogen (secondary N) is 1. The number of carbonyl (C=O) groups is 2. The fourth-order valence-corrected chi connectivity index (χ4v) is 1.87. The maximum absolute atomic E-state index is 11.5. The zero-order valence-electron chi connectivity index (χ0n) is 8.15. The second-order valence-electron chi connectivity index (χ2n) is 2.78. The molecule has 0 radical (unpaired) electrons. The first-order valence-corrected chi connectivity index (χ1v) is 5.08. The van der Waals surface area contributed by atoms with Gasteiger partial charge in [0, 0.05) is 12.7 Å². The lowest BCUT2D eigenvalue weighted by atomic mass is 10.2. The number of ether oxygens (including phenoxy) is 1. The normalized spacial score (nSPS) is 9.93. The van der Waals surface area contributed by atoms with Crippen molar-refractivity contribution in [2.24, 2.45) is 0 Å². The third-order valence-corrected chi connectivity index (χ3v) is 2.61. The van der Waals surface area contributed by atoms with Crippen LogP contribution in [-0.4, -0.2) is 30.6 Å². The van der Waals surface area contributed by atoms with Gasteiger partial charge >= 0.3 is 5.97 Å². The molecular weight excluding hydrogens is 218 g/mol. The summed E-state index contributed by atoms with van der Waals surface area (Å²) < 4.78 is 4.91. The molecule has 0 aliphatic rings. The van der Waals surface area contributed by atoms with E-state index in [0.717, 1.165) is 5.56 Å². The molecule has 1 aromatic rings. The van der Waals surface area contributed by atoms with E-state index in [1.165, 1.54) is 18.4 Å². The Bertz CT molecular complexity index is 361. The summed E-state index contributed by atoms with van der Waals surface area (Å²) in [5.74, 6) is -1.44. The lowest BCUT2D eigenvalue weighted by Gasteiger charge is -2.02. The number of amides is 1. The van der Waals surface area contributed by atoms with Crippen molar-refractivity contribution in [1.82, 2.24) is 5.32 Å². The minimum Gasteiger partial charge on any atom is -0.480 e. The molecule has 1 heterocycles. The topological polar surface area (TPSA) is 75.6 Å². The Morgan fingerprint density at radius 2 is 2.33 bits per heavy atom. The van der Waals surface area contributed by atoms with Crippen LogP contribution in [0.1, 0.15) is 15.2 Å². The molecule has 0 aliphatic heterocycles. The van der Waals surface area contributed by atoms with E-state index in [1.807, 2.05) is 0 Å². The number of methoxy groups -OCH3 is 1. The first-order valence-electron chi connectivity index (χ1n) is 4.20. The van der Waals surface area contributed by atoms with E-state index < -0.39 is 5.97 Å². The quantitative estimate of drug-likeness (QED) is 0.779. The second kappa shape index (κ2) is 5.47. The maximum Gasteiger partial charge on any atom is 0.322 e. The van der Waals surface area contributed by atoms with E-state index in [2.05, 4.69) is 5.32 Å². The molecule has 5 nitrogen and oxygen atoms in total. The van der Waals surface area contributed by atoms with Crippen molar-refractivity contribution in [3.8, 4) is 0 Å². The number of aliphatic carboxylic acids is 1. The lowest BCUT2D eigenvalue weighted by Crippen LogP contribution is -2.29. The zero-order valence-corrected chi connectivity index (χ0v) is 8.97. The van der Waals surface area contributed by atoms with Gasteiger partial charge in [-0.05, 0) is 11.4 Å². The van der Waals surface area contributed by atoms with Crippen molar-refractivity contribution < 1.29 is 19.4 Å². The maximum atomic E-state index is 11.5. The van der Waals surface area contributed by atoms with Crippen LogP contribution in [0.4, 0.5) is 0 Å². The number of carbonyl (C=O) groups excluding carboxylic acids is 1. The molecule has 0 saturated carbocycles. The van der Waals surface area contributed by atoms with Crippen LogP contribution in [0.5, 0.6) is 0 Å². The highest BCUT2D eigenvalue weighted by Gasteiger charge is 2.13. The van der Waals surface area contributed by atoms with E-state index in [-0.39, 0.29) is 12.5 Å². The molecule has 0 bridgehead atoms. The molecule has 1 aromatic heterocycles. The van der Waals surface area contributed by atoms with Gasteiger partial charge in [0.2, 0.25) is 0 Å². The Hall–Kier alpha value is -1.40. The van der Waals surface area contributed by atoms with Crippen molar-refractivity contribution >= 4 is 23.2 Å². The number of hydrogen-bond donors (Lipinski definition) is 2. The van der Waals surface area contributed by atoms with Gasteiger partial charge in [-0.25, -0.2) is 0 Å². The first-order chi connectivity index (χ1) is 7.15. The van der Waals surface area contributed by atoms with Crippen molar-refractivity contribution in [3.63, 3.8) is 0 Å². The molecule has 0 saturated heterocycles. The fourth-order valence-electron chi connectivity index (χ4n) is 1.04. The molecule has 0 atom stereocenters. The number of rotatable bonds is 5. The summed E-state index contributed by atoms with van der Waals surface area (Å²) in [6.07, 6.45) is 0. The van der Waals surface area contributed by atoms with E-state index >= 15 is 0 Å². The Kier molecular flexibility index (Phi) is 4.26. The number of hydrogen-bond acceptors (Lipinski definition) is 4. The number of thiophene rings is 1. The molecule has 0 aliphatic carbocycles. The number of carboxylic acids is 1. The van der Waals surface area contributed by atoms with E-state index in [1.54, 1.807) is 11.4 Å². The van der Waals surface area contributed by atoms with Gasteiger partial charge in [0.1, 0.15) is 6.54 Å². The van der Waals surface area contributed by atoms with Crippen LogP contribution in [-0.2, 0) is 16.1 Å². The molecule has 6 heteroatoms. The van der Waals surface area contributed by atoms with Crippen molar-refractivity contribution in [3.05, 3.63) is 21.9 Å². The summed E-state index contributed by atoms with van der Waals surface area (Å²) >= 11 is 1.26. The third-order valence-electron chi connectivity index (χ3n) is 1.65. The Morgan fingerprint density at radius 3 is 2.93 bits per heavy atom. The Balaban J connectivity index is 2.64. The standard InChI is InChI=1S/C9H11NO4S/c1-14-5-6-2-3-15-8(6)9(13)10-4-7(11)12/h2-3H,4-5H2,1H3,(H,10,13)(H,11,12). The summed E-state index contributed by atoms with van der Waals surface area (Å²) in [6, 6.07) is 1.78. The first kappa shape index (κ1) is 11.7. The van der Waals surface area contributed by atoms with Gasteiger partial charge in [0.25, 0.3) is 5.91 Å². The highest BCUT2D eigenvalue weighted by Crippen LogP contribution is 2.17. The van der Waals surface area contributed by atoms with Crippen molar-refractivity contribution in [1.29, 1.82) is 0 Å². The molecular formula is C9H11NO4S. The Labute approximate surface area is 90.7 Å². The molecule has 0 unspecified atom stereocenters. The highest BCUT2D eigenvalue weighted by molar-refractivity contribution is 7.12. The monoisotopic (exact) mass is 229 g/mol. The van der Waals surface area contributed by atoms with Crippen LogP contribution < -0.4 is 5.32 Å². The van der Waals surface area contributed by atoms with E-state index in [0.29, 0.717) is 11.5 Å². The van der Waals surface area contributed by atoms with Gasteiger partial charge in [0.15, 0.2) is 0 Å². The summed E-state index contributed by atoms with van der Waals surface area (Å²) in [7, 11) is 1.54. The predicted molar refractivity (Wildman–Crippen MR) is 55.0 cm³/mol. The lowest BCUT2D eigenvalue weighted by molar-refractivity contribution is -0.135. The molecule has 1 rings (SSSR count). The smallest absolute Gasteiger partial charge is 0.322 e. The summed E-state index contributed by atoms with van der Waals surface area (Å²) in [5, 5.41) is 12.5. The molecule has 2 N–H and O–H groups in total. The molecule has 82 valence electrons. The molecule has 1 amide bonds. The summed E-state index contributed by atoms with van der Waals surface area (Å²) in [5.41, 5.74) is 0.769. The van der Waals surface area contributed by atoms with E-state index in [9.17, 15) is 9.59 Å². The van der Waals surface area contributed by atoms with Crippen LogP contribution in [0, 0.1) is 0 Å². The van der Waals surface area contributed by atoms with Gasteiger partial charge in [-0.15, -0.1) is 11.3 Å². The van der Waals surface area contributed by atoms with Gasteiger partial charge in [-0.2, -0.15) is 0 Å². The van der Waals surface area contributed by atoms with E-state index in [4.69, 9.17) is 9.84 Å². The zero-order chi connectivity index (χ0) is 11.3. The third kappa shape index (κ3) is 3.34. The van der Waals surface area contributed by atoms with Crippen LogP contribution in [0.15, 0.2) is 11.4 Å². The molecule has 0 fully saturated rings. The molecule has 0 spiro atoms. The average Bonchev–Trinajstić information content (AvgIpc) is 2.63. The van der Waals surface area contributed by atoms with Crippen molar-refractivity contribution in [2.75, 3.05) is 13.7 Å². The molecule has 15 heavy (non-hydrogen) atoms. The summed E-state index contributed by atoms with van der Waals surface area (Å²) in [6.45, 7) is -0.0253. The van der Waals surface area contributed by atoms with Crippen LogP contribution in [0.3, 0.4) is 0 Å². The largest absolute Gasteiger partial charge is 0.480 e. The van der Waals surface area contributed by atoms with Gasteiger partial charge in [-0.1, -0.05) is 0 Å². The van der Waals surface area contributed by atoms with Gasteiger partial charge in [0.05, 0.1) is 11.5 Å². The molecule has 0 aromatic carbocycles. The van der Waals surface area contributed by atoms with Gasteiger partial charge in [-0.3, -0.25) is 9.59 Å². The summed E-state index contributed by atoms with van der Waals surface area (Å²) in [4.78, 5) is 22.2. The fraction of sp³-hybridized carbons (Fsp3) is 0.333. The highest BCUT2D eigenvalue weighted by atomic mass is 32.1. The van der Waals surface area contributed by atoms with Crippen molar-refractivity contribution in [2.45, 2.75) is 6.61 Å². The van der Waals surface area contributed by atoms with Crippen LogP contribution in [0.2, 0.25) is 0 Å². The van der Waals surface area contributed by atoms with Gasteiger partial charge < -0.3 is 15.2 Å². The number of carboxylic acid groups (broad SMARTS) is 1. The average molecular weight is 229 g/mol. The Morgan fingerprint density at radius 1 is 1.60 bits per heavy atom. The second-order valence-corrected chi connectivity index (χ2v) is 3.70.